The van der Waals surface area contributed by atoms with Gasteiger partial charge < -0.3 is 4.90 Å². The number of fused-ring (bicyclic) bond motifs is 1. The number of amides is 1. The molecule has 0 spiro atoms. The van der Waals surface area contributed by atoms with Gasteiger partial charge >= 0.3 is 0 Å². The standard InChI is InChI=1S/C21H20N2O/c1-2-23(15-7-10-17-8-4-3-5-9-17)21(24)20-12-6-11-18-16-22-14-13-19(18)20/h3-14,16H,2,15H2,1H3. The molecule has 3 rings (SSSR count). The number of likely N-dealkylation sites (N-methyl/N-ethyl adjacent to an activating group) is 1. The Labute approximate surface area is 142 Å². The Hall–Kier alpha value is -2.94. The average molecular weight is 316 g/mol. The van der Waals surface area contributed by atoms with Crippen molar-refractivity contribution in [2.75, 3.05) is 13.1 Å². The first-order chi connectivity index (χ1) is 11.8. The molecule has 0 aliphatic carbocycles. The van der Waals surface area contributed by atoms with E-state index >= 15 is 0 Å². The molecule has 2 aromatic carbocycles. The predicted octanol–water partition coefficient (Wildman–Crippen LogP) is 4.41. The summed E-state index contributed by atoms with van der Waals surface area (Å²) in [6.45, 7) is 3.26. The van der Waals surface area contributed by atoms with Gasteiger partial charge in [-0.1, -0.05) is 54.6 Å². The van der Waals surface area contributed by atoms with E-state index in [2.05, 4.69) is 4.98 Å². The number of benzene rings is 2. The van der Waals surface area contributed by atoms with Crippen LogP contribution < -0.4 is 0 Å². The molecule has 0 bridgehead atoms. The van der Waals surface area contributed by atoms with E-state index in [1.165, 1.54) is 0 Å². The number of pyridine rings is 1. The molecule has 24 heavy (non-hydrogen) atoms. The summed E-state index contributed by atoms with van der Waals surface area (Å²) in [5, 5.41) is 1.93. The maximum atomic E-state index is 12.9. The molecule has 0 aliphatic rings. The van der Waals surface area contributed by atoms with E-state index in [4.69, 9.17) is 0 Å². The van der Waals surface area contributed by atoms with Crippen molar-refractivity contribution in [2.45, 2.75) is 6.92 Å². The number of rotatable bonds is 5. The summed E-state index contributed by atoms with van der Waals surface area (Å²) in [6, 6.07) is 17.8. The highest BCUT2D eigenvalue weighted by atomic mass is 16.2. The summed E-state index contributed by atoms with van der Waals surface area (Å²) in [5.74, 6) is 0.0482. The third-order valence-corrected chi connectivity index (χ3v) is 4.02. The largest absolute Gasteiger partial charge is 0.335 e. The van der Waals surface area contributed by atoms with E-state index in [9.17, 15) is 4.79 Å². The van der Waals surface area contributed by atoms with Crippen molar-refractivity contribution in [1.82, 2.24) is 9.88 Å². The Kier molecular flexibility index (Phi) is 5.02. The van der Waals surface area contributed by atoms with Crippen LogP contribution in [-0.4, -0.2) is 28.9 Å². The molecule has 0 atom stereocenters. The minimum atomic E-state index is 0.0482. The third-order valence-electron chi connectivity index (χ3n) is 4.02. The molecule has 3 heteroatoms. The highest BCUT2D eigenvalue weighted by molar-refractivity contribution is 6.06. The summed E-state index contributed by atoms with van der Waals surface area (Å²) in [5.41, 5.74) is 1.86. The lowest BCUT2D eigenvalue weighted by Gasteiger charge is -2.20. The van der Waals surface area contributed by atoms with Crippen LogP contribution in [-0.2, 0) is 0 Å². The van der Waals surface area contributed by atoms with Crippen molar-refractivity contribution >= 4 is 22.8 Å². The molecule has 0 saturated heterocycles. The first-order valence-electron chi connectivity index (χ1n) is 8.13. The molecule has 3 aromatic rings. The monoisotopic (exact) mass is 316 g/mol. The van der Waals surface area contributed by atoms with Gasteiger partial charge in [0.15, 0.2) is 0 Å². The number of aromatic nitrogens is 1. The van der Waals surface area contributed by atoms with E-state index in [1.54, 1.807) is 12.4 Å². The van der Waals surface area contributed by atoms with E-state index in [0.717, 1.165) is 21.9 Å². The average Bonchev–Trinajstić information content (AvgIpc) is 2.65. The summed E-state index contributed by atoms with van der Waals surface area (Å²) >= 11 is 0. The quantitative estimate of drug-likeness (QED) is 0.698. The second kappa shape index (κ2) is 7.55. The number of hydrogen-bond donors (Lipinski definition) is 0. The highest BCUT2D eigenvalue weighted by Gasteiger charge is 2.15. The highest BCUT2D eigenvalue weighted by Crippen LogP contribution is 2.19. The van der Waals surface area contributed by atoms with Crippen molar-refractivity contribution in [3.8, 4) is 0 Å². The molecule has 1 heterocycles. The zero-order valence-electron chi connectivity index (χ0n) is 13.7. The van der Waals surface area contributed by atoms with Gasteiger partial charge in [-0.05, 0) is 30.0 Å². The van der Waals surface area contributed by atoms with Crippen molar-refractivity contribution in [3.63, 3.8) is 0 Å². The van der Waals surface area contributed by atoms with E-state index in [1.807, 2.05) is 78.6 Å². The Morgan fingerprint density at radius 2 is 1.92 bits per heavy atom. The van der Waals surface area contributed by atoms with E-state index in [-0.39, 0.29) is 5.91 Å². The summed E-state index contributed by atoms with van der Waals surface area (Å²) < 4.78 is 0. The van der Waals surface area contributed by atoms with Crippen LogP contribution >= 0.6 is 0 Å². The second-order valence-corrected chi connectivity index (χ2v) is 5.56. The Bertz CT molecular complexity index is 851. The Morgan fingerprint density at radius 3 is 2.71 bits per heavy atom. The van der Waals surface area contributed by atoms with Crippen LogP contribution in [0.3, 0.4) is 0 Å². The number of nitrogens with zero attached hydrogens (tertiary/aromatic N) is 2. The maximum Gasteiger partial charge on any atom is 0.254 e. The molecule has 0 radical (unpaired) electrons. The SMILES string of the molecule is CCN(CC=Cc1ccccc1)C(=O)c1cccc2cnccc12. The molecule has 0 N–H and O–H groups in total. The zero-order chi connectivity index (χ0) is 16.8. The molecule has 0 saturated carbocycles. The first-order valence-corrected chi connectivity index (χ1v) is 8.13. The molecule has 3 nitrogen and oxygen atoms in total. The van der Waals surface area contributed by atoms with Crippen LogP contribution in [0.1, 0.15) is 22.8 Å². The van der Waals surface area contributed by atoms with E-state index in [0.29, 0.717) is 13.1 Å². The molecule has 1 aromatic heterocycles. The van der Waals surface area contributed by atoms with Gasteiger partial charge in [0.25, 0.3) is 5.91 Å². The first kappa shape index (κ1) is 15.9. The minimum Gasteiger partial charge on any atom is -0.335 e. The van der Waals surface area contributed by atoms with Gasteiger partial charge in [-0.25, -0.2) is 0 Å². The lowest BCUT2D eigenvalue weighted by Crippen LogP contribution is -2.31. The van der Waals surface area contributed by atoms with Crippen LogP contribution in [0.4, 0.5) is 0 Å². The number of carbonyl (C=O) groups excluding carboxylic acids is 1. The fourth-order valence-corrected chi connectivity index (χ4v) is 2.72. The van der Waals surface area contributed by atoms with Crippen molar-refractivity contribution < 1.29 is 4.79 Å². The van der Waals surface area contributed by atoms with Gasteiger partial charge in [0.05, 0.1) is 0 Å². The zero-order valence-corrected chi connectivity index (χ0v) is 13.7. The third kappa shape index (κ3) is 3.51. The van der Waals surface area contributed by atoms with Crippen LogP contribution in [0.25, 0.3) is 16.8 Å². The van der Waals surface area contributed by atoms with E-state index < -0.39 is 0 Å². The lowest BCUT2D eigenvalue weighted by atomic mass is 10.1. The van der Waals surface area contributed by atoms with Crippen molar-refractivity contribution in [2.24, 2.45) is 0 Å². The van der Waals surface area contributed by atoms with Gasteiger partial charge in [-0.3, -0.25) is 9.78 Å². The molecule has 1 amide bonds. The lowest BCUT2D eigenvalue weighted by molar-refractivity contribution is 0.0784. The van der Waals surface area contributed by atoms with Crippen LogP contribution in [0.2, 0.25) is 0 Å². The summed E-state index contributed by atoms with van der Waals surface area (Å²) in [7, 11) is 0. The minimum absolute atomic E-state index is 0.0482. The van der Waals surface area contributed by atoms with Crippen LogP contribution in [0.5, 0.6) is 0 Å². The fourth-order valence-electron chi connectivity index (χ4n) is 2.72. The molecule has 0 fully saturated rings. The van der Waals surface area contributed by atoms with Crippen LogP contribution in [0, 0.1) is 0 Å². The molecular weight excluding hydrogens is 296 g/mol. The van der Waals surface area contributed by atoms with Crippen molar-refractivity contribution in [3.05, 3.63) is 84.2 Å². The normalized spacial score (nSPS) is 11.0. The second-order valence-electron chi connectivity index (χ2n) is 5.56. The molecular formula is C21H20N2O. The van der Waals surface area contributed by atoms with Gasteiger partial charge in [-0.2, -0.15) is 0 Å². The van der Waals surface area contributed by atoms with Crippen LogP contribution in [0.15, 0.2) is 73.1 Å². The predicted molar refractivity (Wildman–Crippen MR) is 98.8 cm³/mol. The maximum absolute atomic E-state index is 12.9. The summed E-state index contributed by atoms with van der Waals surface area (Å²) in [6.07, 6.45) is 7.59. The smallest absolute Gasteiger partial charge is 0.254 e. The van der Waals surface area contributed by atoms with Gasteiger partial charge in [0, 0.05) is 36.4 Å². The Morgan fingerprint density at radius 1 is 1.08 bits per heavy atom. The number of carbonyl (C=O) groups is 1. The van der Waals surface area contributed by atoms with Gasteiger partial charge in [0.1, 0.15) is 0 Å². The van der Waals surface area contributed by atoms with Gasteiger partial charge in [-0.15, -0.1) is 0 Å². The topological polar surface area (TPSA) is 33.2 Å². The van der Waals surface area contributed by atoms with Crippen molar-refractivity contribution in [1.29, 1.82) is 0 Å². The fraction of sp³-hybridized carbons (Fsp3) is 0.143. The molecule has 0 aliphatic heterocycles. The molecule has 120 valence electrons. The Balaban J connectivity index is 1.80. The molecule has 0 unspecified atom stereocenters. The van der Waals surface area contributed by atoms with Gasteiger partial charge in [0.2, 0.25) is 0 Å². The summed E-state index contributed by atoms with van der Waals surface area (Å²) in [4.78, 5) is 18.9. The number of hydrogen-bond acceptors (Lipinski definition) is 2.